The van der Waals surface area contributed by atoms with Crippen LogP contribution >= 0.6 is 0 Å². The molecule has 2 aliphatic heterocycles. The van der Waals surface area contributed by atoms with Crippen LogP contribution < -0.4 is 10.9 Å². The zero-order valence-electron chi connectivity index (χ0n) is 23.6. The van der Waals surface area contributed by atoms with Crippen molar-refractivity contribution in [3.05, 3.63) is 65.0 Å². The highest BCUT2D eigenvalue weighted by Crippen LogP contribution is 2.34. The molecule has 2 aliphatic rings. The van der Waals surface area contributed by atoms with Crippen molar-refractivity contribution in [1.82, 2.24) is 24.3 Å². The number of alkyl halides is 1. The molecule has 0 radical (unpaired) electrons. The molecule has 2 N–H and O–H groups in total. The number of nitrogens with zero attached hydrogens (tertiary/aromatic N) is 6. The maximum atomic E-state index is 13.8. The van der Waals surface area contributed by atoms with Crippen LogP contribution in [-0.2, 0) is 11.3 Å². The van der Waals surface area contributed by atoms with E-state index in [1.54, 1.807) is 12.1 Å². The lowest BCUT2D eigenvalue weighted by molar-refractivity contribution is -0.126. The van der Waals surface area contributed by atoms with Crippen molar-refractivity contribution >= 4 is 28.8 Å². The minimum absolute atomic E-state index is 0.114. The molecule has 0 unspecified atom stereocenters. The fourth-order valence-electron chi connectivity index (χ4n) is 6.14. The zero-order chi connectivity index (χ0) is 28.6. The predicted molar refractivity (Wildman–Crippen MR) is 154 cm³/mol. The molecule has 1 aromatic carbocycles. The monoisotopic (exact) mass is 547 g/mol. The molecule has 9 nitrogen and oxygen atoms in total. The van der Waals surface area contributed by atoms with Gasteiger partial charge in [-0.3, -0.25) is 19.5 Å². The summed E-state index contributed by atoms with van der Waals surface area (Å²) in [5.74, 6) is 6.40. The van der Waals surface area contributed by atoms with Crippen LogP contribution in [0.3, 0.4) is 0 Å². The first kappa shape index (κ1) is 27.9. The normalized spacial score (nSPS) is 20.1. The molecule has 2 atom stereocenters. The molecule has 0 bridgehead atoms. The molecule has 4 heterocycles. The summed E-state index contributed by atoms with van der Waals surface area (Å²) in [6, 6.07) is 7.42. The third-order valence-electron chi connectivity index (χ3n) is 7.90. The Morgan fingerprint density at radius 1 is 1.07 bits per heavy atom. The van der Waals surface area contributed by atoms with Gasteiger partial charge in [-0.15, -0.1) is 0 Å². The van der Waals surface area contributed by atoms with Gasteiger partial charge in [0.2, 0.25) is 11.9 Å². The summed E-state index contributed by atoms with van der Waals surface area (Å²) in [6.07, 6.45) is 3.72. The summed E-state index contributed by atoms with van der Waals surface area (Å²) in [6.45, 7) is 12.3. The van der Waals surface area contributed by atoms with Gasteiger partial charge in [-0.25, -0.2) is 20.2 Å². The Morgan fingerprint density at radius 2 is 1.82 bits per heavy atom. The van der Waals surface area contributed by atoms with Crippen LogP contribution in [0.2, 0.25) is 0 Å². The summed E-state index contributed by atoms with van der Waals surface area (Å²) in [7, 11) is 0. The fourth-order valence-corrected chi connectivity index (χ4v) is 6.14. The summed E-state index contributed by atoms with van der Waals surface area (Å²) in [4.78, 5) is 39.5. The number of hydrazine groups is 1. The molecule has 5 rings (SSSR count). The number of halogens is 1. The largest absolute Gasteiger partial charge is 0.337 e. The zero-order valence-corrected chi connectivity index (χ0v) is 23.6. The highest BCUT2D eigenvalue weighted by atomic mass is 19.1. The molecule has 2 aromatic heterocycles. The Bertz CT molecular complexity index is 1430. The van der Waals surface area contributed by atoms with E-state index in [0.29, 0.717) is 44.1 Å². The number of rotatable bonds is 6. The third-order valence-corrected chi connectivity index (χ3v) is 7.90. The van der Waals surface area contributed by atoms with Crippen molar-refractivity contribution in [2.75, 3.05) is 31.2 Å². The maximum Gasteiger partial charge on any atom is 0.275 e. The van der Waals surface area contributed by atoms with E-state index in [2.05, 4.69) is 22.5 Å². The fraction of sp³-hybridized carbons (Fsp3) is 0.467. The van der Waals surface area contributed by atoms with Crippen molar-refractivity contribution in [3.8, 4) is 0 Å². The number of aryl methyl sites for hydroxylation is 3. The summed E-state index contributed by atoms with van der Waals surface area (Å²) < 4.78 is 15.9. The predicted octanol–water partition coefficient (Wildman–Crippen LogP) is 4.16. The number of pyridine rings is 1. The van der Waals surface area contributed by atoms with E-state index < -0.39 is 6.17 Å². The molecule has 0 aliphatic carbocycles. The molecular formula is C30H38FN7O2. The van der Waals surface area contributed by atoms with E-state index in [9.17, 15) is 14.0 Å². The number of nitrogens with two attached hydrogens (primary N) is 1. The number of hydrogen-bond acceptors (Lipinski definition) is 6. The van der Waals surface area contributed by atoms with Gasteiger partial charge in [0.25, 0.3) is 5.91 Å². The highest BCUT2D eigenvalue weighted by molar-refractivity contribution is 6.05. The Kier molecular flexibility index (Phi) is 8.00. The lowest BCUT2D eigenvalue weighted by atomic mass is 10.1. The van der Waals surface area contributed by atoms with E-state index in [1.807, 2.05) is 36.3 Å². The van der Waals surface area contributed by atoms with Gasteiger partial charge >= 0.3 is 0 Å². The molecule has 2 saturated heterocycles. The highest BCUT2D eigenvalue weighted by Gasteiger charge is 2.30. The van der Waals surface area contributed by atoms with Gasteiger partial charge in [0.1, 0.15) is 6.17 Å². The first-order valence-corrected chi connectivity index (χ1v) is 14.0. The SMILES string of the molecule is C=CC(=O)N1CCCC[C@@H](n2c(N(N)C(=O)c3cc(C)nc(C)c3)nc3cc(CN4CC[C@@H](F)C4)cc(C)c32)C1. The van der Waals surface area contributed by atoms with Gasteiger partial charge in [0.05, 0.1) is 17.1 Å². The van der Waals surface area contributed by atoms with Crippen LogP contribution in [-0.4, -0.2) is 68.5 Å². The summed E-state index contributed by atoms with van der Waals surface area (Å²) in [5, 5.41) is 1.12. The van der Waals surface area contributed by atoms with Crippen LogP contribution in [0, 0.1) is 20.8 Å². The number of anilines is 1. The van der Waals surface area contributed by atoms with E-state index in [4.69, 9.17) is 10.8 Å². The molecule has 0 spiro atoms. The minimum Gasteiger partial charge on any atom is -0.337 e. The van der Waals surface area contributed by atoms with Crippen molar-refractivity contribution in [1.29, 1.82) is 0 Å². The second kappa shape index (κ2) is 11.5. The van der Waals surface area contributed by atoms with E-state index in [1.165, 1.54) is 6.08 Å². The topological polar surface area (TPSA) is 101 Å². The van der Waals surface area contributed by atoms with Crippen LogP contribution in [0.5, 0.6) is 0 Å². The maximum absolute atomic E-state index is 13.8. The number of imidazole rings is 1. The van der Waals surface area contributed by atoms with Gasteiger partial charge in [0, 0.05) is 49.7 Å². The standard InChI is InChI=1S/C30H38FN7O2/c1-5-27(39)36-10-7-6-8-25(18-36)37-28-19(2)12-22(16-35-11-9-24(31)17-35)15-26(28)34-30(37)38(32)29(40)23-13-20(3)33-21(4)14-23/h5,12-15,24-25H,1,6-11,16-18,32H2,2-4H3/t24-,25-/m1/s1. The molecule has 212 valence electrons. The van der Waals surface area contributed by atoms with Crippen molar-refractivity contribution < 1.29 is 14.0 Å². The van der Waals surface area contributed by atoms with Gasteiger partial charge in [-0.05, 0) is 81.9 Å². The van der Waals surface area contributed by atoms with Crippen molar-refractivity contribution in [2.45, 2.75) is 65.2 Å². The Hall–Kier alpha value is -3.63. The third kappa shape index (κ3) is 5.64. The molecule has 0 saturated carbocycles. The van der Waals surface area contributed by atoms with Crippen LogP contribution in [0.25, 0.3) is 11.0 Å². The van der Waals surface area contributed by atoms with Crippen LogP contribution in [0.1, 0.15) is 64.6 Å². The molecule has 10 heteroatoms. The minimum atomic E-state index is -0.788. The Labute approximate surface area is 234 Å². The first-order chi connectivity index (χ1) is 19.1. The number of amides is 2. The van der Waals surface area contributed by atoms with Gasteiger partial charge in [-0.2, -0.15) is 0 Å². The lowest BCUT2D eigenvalue weighted by Gasteiger charge is -2.28. The number of hydrogen-bond donors (Lipinski definition) is 1. The Balaban J connectivity index is 1.60. The van der Waals surface area contributed by atoms with E-state index in [-0.39, 0.29) is 17.9 Å². The average molecular weight is 548 g/mol. The molecule has 3 aromatic rings. The van der Waals surface area contributed by atoms with E-state index >= 15 is 0 Å². The second-order valence-corrected chi connectivity index (χ2v) is 11.1. The quantitative estimate of drug-likeness (QED) is 0.215. The van der Waals surface area contributed by atoms with Crippen LogP contribution in [0.4, 0.5) is 10.3 Å². The molecular weight excluding hydrogens is 509 g/mol. The molecule has 2 fully saturated rings. The van der Waals surface area contributed by atoms with Crippen molar-refractivity contribution in [2.24, 2.45) is 5.84 Å². The number of carbonyl (C=O) groups is 2. The number of fused-ring (bicyclic) bond motifs is 1. The van der Waals surface area contributed by atoms with Crippen molar-refractivity contribution in [3.63, 3.8) is 0 Å². The van der Waals surface area contributed by atoms with Gasteiger partial charge in [-0.1, -0.05) is 12.6 Å². The molecule has 40 heavy (non-hydrogen) atoms. The van der Waals surface area contributed by atoms with E-state index in [0.717, 1.165) is 64.4 Å². The number of carbonyl (C=O) groups excluding carboxylic acids is 2. The molecule has 2 amide bonds. The number of aromatic nitrogens is 3. The summed E-state index contributed by atoms with van der Waals surface area (Å²) >= 11 is 0. The summed E-state index contributed by atoms with van der Waals surface area (Å²) in [5.41, 5.74) is 5.52. The number of likely N-dealkylation sites (tertiary alicyclic amines) is 2. The first-order valence-electron chi connectivity index (χ1n) is 14.0. The Morgan fingerprint density at radius 3 is 2.50 bits per heavy atom. The average Bonchev–Trinajstić information content (AvgIpc) is 3.41. The lowest BCUT2D eigenvalue weighted by Crippen LogP contribution is -2.41. The number of benzene rings is 1. The van der Waals surface area contributed by atoms with Gasteiger partial charge < -0.3 is 9.47 Å². The van der Waals surface area contributed by atoms with Crippen LogP contribution in [0.15, 0.2) is 36.9 Å². The van der Waals surface area contributed by atoms with Gasteiger partial charge in [0.15, 0.2) is 0 Å². The second-order valence-electron chi connectivity index (χ2n) is 11.1. The smallest absolute Gasteiger partial charge is 0.275 e.